The van der Waals surface area contributed by atoms with Crippen LogP contribution in [0.25, 0.3) is 0 Å². The van der Waals surface area contributed by atoms with E-state index in [4.69, 9.17) is 0 Å². The largest absolute Gasteiger partial charge is 0.434 e. The fraction of sp³-hybridized carbons (Fsp3) is 0.667. The zero-order chi connectivity index (χ0) is 18.9. The van der Waals surface area contributed by atoms with Crippen molar-refractivity contribution in [2.75, 3.05) is 13.1 Å². The molecule has 11 heteroatoms. The molecule has 0 spiro atoms. The van der Waals surface area contributed by atoms with Crippen LogP contribution in [0, 0.1) is 0 Å². The molecule has 0 fully saturated rings. The Hall–Kier alpha value is -1.11. The fourth-order valence-corrected chi connectivity index (χ4v) is 2.47. The Labute approximate surface area is 172 Å². The Bertz CT molecular complexity index is 580. The second kappa shape index (κ2) is 12.3. The van der Waals surface area contributed by atoms with Crippen molar-refractivity contribution in [1.29, 1.82) is 0 Å². The molecule has 1 amide bonds. The quantitative estimate of drug-likeness (QED) is 0.287. The fourth-order valence-electron chi connectivity index (χ4n) is 1.75. The van der Waals surface area contributed by atoms with Gasteiger partial charge < -0.3 is 16.0 Å². The first-order valence-electron chi connectivity index (χ1n) is 8.09. The van der Waals surface area contributed by atoms with E-state index in [-0.39, 0.29) is 53.9 Å². The molecule has 26 heavy (non-hydrogen) atoms. The number of aromatic nitrogens is 1. The van der Waals surface area contributed by atoms with Gasteiger partial charge in [0.15, 0.2) is 11.7 Å². The van der Waals surface area contributed by atoms with Crippen molar-refractivity contribution in [3.05, 3.63) is 16.1 Å². The van der Waals surface area contributed by atoms with Gasteiger partial charge in [-0.3, -0.25) is 4.79 Å². The number of carbonyl (C=O) groups is 1. The summed E-state index contributed by atoms with van der Waals surface area (Å²) in [4.78, 5) is 19.4. The topological polar surface area (TPSA) is 78.4 Å². The first-order valence-corrected chi connectivity index (χ1v) is 8.97. The molecule has 0 aliphatic heterocycles. The van der Waals surface area contributed by atoms with Crippen molar-refractivity contribution in [3.63, 3.8) is 0 Å². The summed E-state index contributed by atoms with van der Waals surface area (Å²) in [6.45, 7) is 6.80. The molecule has 1 atom stereocenters. The summed E-state index contributed by atoms with van der Waals surface area (Å²) in [5, 5.41) is 10.1. The molecule has 3 N–H and O–H groups in total. The minimum atomic E-state index is -4.44. The average molecular weight is 507 g/mol. The molecule has 1 heterocycles. The first kappa shape index (κ1) is 24.9. The van der Waals surface area contributed by atoms with Gasteiger partial charge in [0.2, 0.25) is 5.91 Å². The van der Waals surface area contributed by atoms with Gasteiger partial charge in [0.25, 0.3) is 0 Å². The third kappa shape index (κ3) is 9.55. The third-order valence-electron chi connectivity index (χ3n) is 3.22. The van der Waals surface area contributed by atoms with E-state index in [1.807, 2.05) is 20.8 Å². The Balaban J connectivity index is 0.00000625. The molecule has 0 saturated heterocycles. The first-order chi connectivity index (χ1) is 11.8. The van der Waals surface area contributed by atoms with Crippen molar-refractivity contribution in [2.24, 2.45) is 4.99 Å². The van der Waals surface area contributed by atoms with Gasteiger partial charge in [0, 0.05) is 30.9 Å². The molecule has 0 aliphatic carbocycles. The number of aliphatic imine (C=N–C) groups is 1. The second-order valence-electron chi connectivity index (χ2n) is 5.37. The van der Waals surface area contributed by atoms with Crippen LogP contribution in [0.2, 0.25) is 0 Å². The second-order valence-corrected chi connectivity index (χ2v) is 6.32. The maximum atomic E-state index is 12.5. The normalized spacial score (nSPS) is 12.9. The van der Waals surface area contributed by atoms with Crippen LogP contribution in [0.5, 0.6) is 0 Å². The number of hydrogen-bond acceptors (Lipinski definition) is 4. The van der Waals surface area contributed by atoms with Crippen LogP contribution in [0.3, 0.4) is 0 Å². The summed E-state index contributed by atoms with van der Waals surface area (Å²) in [5.41, 5.74) is -0.901. The van der Waals surface area contributed by atoms with E-state index in [1.165, 1.54) is 0 Å². The van der Waals surface area contributed by atoms with Crippen LogP contribution in [0.1, 0.15) is 44.3 Å². The lowest BCUT2D eigenvalue weighted by Crippen LogP contribution is -2.40. The average Bonchev–Trinajstić information content (AvgIpc) is 3.01. The monoisotopic (exact) mass is 507 g/mol. The van der Waals surface area contributed by atoms with Gasteiger partial charge in [0.05, 0.1) is 6.54 Å². The molecule has 150 valence electrons. The van der Waals surface area contributed by atoms with E-state index < -0.39 is 11.9 Å². The van der Waals surface area contributed by atoms with Gasteiger partial charge in [-0.25, -0.2) is 9.98 Å². The molecule has 1 aromatic rings. The molecular weight excluding hydrogens is 482 g/mol. The Kier molecular flexibility index (Phi) is 11.8. The van der Waals surface area contributed by atoms with Crippen LogP contribution in [0.15, 0.2) is 10.4 Å². The maximum Gasteiger partial charge on any atom is 0.434 e. The van der Waals surface area contributed by atoms with E-state index in [0.717, 1.165) is 23.1 Å². The molecule has 1 unspecified atom stereocenters. The molecule has 1 rings (SSSR count). The Morgan fingerprint density at radius 2 is 2.04 bits per heavy atom. The van der Waals surface area contributed by atoms with Crippen molar-refractivity contribution in [1.82, 2.24) is 20.9 Å². The van der Waals surface area contributed by atoms with Crippen LogP contribution >= 0.6 is 35.3 Å². The Morgan fingerprint density at radius 1 is 1.35 bits per heavy atom. The van der Waals surface area contributed by atoms with E-state index in [1.54, 1.807) is 0 Å². The minimum absolute atomic E-state index is 0. The minimum Gasteiger partial charge on any atom is -0.357 e. The zero-order valence-corrected chi connectivity index (χ0v) is 18.1. The number of rotatable bonds is 8. The number of halogens is 4. The number of nitrogens with zero attached hydrogens (tertiary/aromatic N) is 2. The lowest BCUT2D eigenvalue weighted by atomic mass is 10.2. The lowest BCUT2D eigenvalue weighted by Gasteiger charge is -2.13. The summed E-state index contributed by atoms with van der Waals surface area (Å²) in [7, 11) is 0. The van der Waals surface area contributed by atoms with Crippen molar-refractivity contribution >= 4 is 47.2 Å². The SMILES string of the molecule is CCNC(=NCc1nc(C(F)(F)F)cs1)NCCC(=O)NC(C)CC.I. The van der Waals surface area contributed by atoms with Crippen LogP contribution in [-0.4, -0.2) is 36.0 Å². The molecular formula is C15H25F3IN5OS. The molecule has 0 bridgehead atoms. The van der Waals surface area contributed by atoms with Crippen molar-refractivity contribution in [3.8, 4) is 0 Å². The smallest absolute Gasteiger partial charge is 0.357 e. The van der Waals surface area contributed by atoms with Gasteiger partial charge in [0.1, 0.15) is 5.01 Å². The number of hydrogen-bond donors (Lipinski definition) is 3. The number of thiazole rings is 1. The molecule has 6 nitrogen and oxygen atoms in total. The van der Waals surface area contributed by atoms with Crippen molar-refractivity contribution < 1.29 is 18.0 Å². The number of amides is 1. The molecule has 0 aromatic carbocycles. The summed E-state index contributed by atoms with van der Waals surface area (Å²) in [5.74, 6) is 0.370. The summed E-state index contributed by atoms with van der Waals surface area (Å²) < 4.78 is 37.6. The van der Waals surface area contributed by atoms with E-state index in [0.29, 0.717) is 19.0 Å². The Morgan fingerprint density at radius 3 is 2.58 bits per heavy atom. The lowest BCUT2D eigenvalue weighted by molar-refractivity contribution is -0.140. The highest BCUT2D eigenvalue weighted by atomic mass is 127. The predicted octanol–water partition coefficient (Wildman–Crippen LogP) is 3.14. The third-order valence-corrected chi connectivity index (χ3v) is 4.06. The highest BCUT2D eigenvalue weighted by Crippen LogP contribution is 2.30. The molecule has 1 aromatic heterocycles. The molecule has 0 saturated carbocycles. The van der Waals surface area contributed by atoms with Crippen molar-refractivity contribution in [2.45, 2.75) is 52.4 Å². The predicted molar refractivity (Wildman–Crippen MR) is 108 cm³/mol. The van der Waals surface area contributed by atoms with Crippen LogP contribution in [-0.2, 0) is 17.5 Å². The van der Waals surface area contributed by atoms with Gasteiger partial charge in [-0.05, 0) is 20.3 Å². The number of alkyl halides is 3. The van der Waals surface area contributed by atoms with Gasteiger partial charge in [-0.2, -0.15) is 13.2 Å². The molecule has 0 aliphatic rings. The van der Waals surface area contributed by atoms with E-state index in [9.17, 15) is 18.0 Å². The van der Waals surface area contributed by atoms with Gasteiger partial charge >= 0.3 is 6.18 Å². The number of guanidine groups is 1. The summed E-state index contributed by atoms with van der Waals surface area (Å²) >= 11 is 0.917. The summed E-state index contributed by atoms with van der Waals surface area (Å²) in [6.07, 6.45) is -3.30. The maximum absolute atomic E-state index is 12.5. The van der Waals surface area contributed by atoms with E-state index in [2.05, 4.69) is 25.9 Å². The number of nitrogens with one attached hydrogen (secondary N) is 3. The van der Waals surface area contributed by atoms with Crippen LogP contribution < -0.4 is 16.0 Å². The van der Waals surface area contributed by atoms with E-state index >= 15 is 0 Å². The van der Waals surface area contributed by atoms with Gasteiger partial charge in [-0.1, -0.05) is 6.92 Å². The highest BCUT2D eigenvalue weighted by Gasteiger charge is 2.33. The number of carbonyl (C=O) groups excluding carboxylic acids is 1. The van der Waals surface area contributed by atoms with Crippen LogP contribution in [0.4, 0.5) is 13.2 Å². The summed E-state index contributed by atoms with van der Waals surface area (Å²) in [6, 6.07) is 0.127. The molecule has 0 radical (unpaired) electrons. The zero-order valence-electron chi connectivity index (χ0n) is 14.9. The van der Waals surface area contributed by atoms with Gasteiger partial charge in [-0.15, -0.1) is 35.3 Å². The standard InChI is InChI=1S/C15H24F3N5OS.HI/c1-4-10(3)22-12(24)6-7-20-14(19-5-2)21-8-13-23-11(9-25-13)15(16,17)18;/h9-10H,4-8H2,1-3H3,(H,22,24)(H2,19,20,21);1H. The highest BCUT2D eigenvalue weighted by molar-refractivity contribution is 14.0.